The summed E-state index contributed by atoms with van der Waals surface area (Å²) in [7, 11) is 0. The van der Waals surface area contributed by atoms with Crippen molar-refractivity contribution in [1.82, 2.24) is 9.55 Å². The zero-order valence-corrected chi connectivity index (χ0v) is 17.2. The molecule has 0 aliphatic carbocycles. The molecule has 2 heterocycles. The number of imidazole rings is 1. The minimum atomic E-state index is -0.367. The summed E-state index contributed by atoms with van der Waals surface area (Å²) in [6, 6.07) is 12.4. The number of nitrogens with zero attached hydrogens (tertiary/aromatic N) is 2. The van der Waals surface area contributed by atoms with E-state index in [0.717, 1.165) is 31.4 Å². The summed E-state index contributed by atoms with van der Waals surface area (Å²) in [5.41, 5.74) is 0.912. The Kier molecular flexibility index (Phi) is 7.27. The zero-order chi connectivity index (χ0) is 21.5. The van der Waals surface area contributed by atoms with E-state index in [4.69, 9.17) is 14.2 Å². The first kappa shape index (κ1) is 21.5. The predicted octanol–water partition coefficient (Wildman–Crippen LogP) is 5.28. The number of aryl methyl sites for hydroxylation is 1. The monoisotopic (exact) mass is 428 g/mol. The summed E-state index contributed by atoms with van der Waals surface area (Å²) in [4.78, 5) is 4.07. The molecule has 0 N–H and O–H groups in total. The molecule has 0 bridgehead atoms. The molecule has 5 nitrogen and oxygen atoms in total. The van der Waals surface area contributed by atoms with Crippen molar-refractivity contribution in [1.29, 1.82) is 0 Å². The van der Waals surface area contributed by atoms with Gasteiger partial charge in [0.05, 0.1) is 18.5 Å². The van der Waals surface area contributed by atoms with Crippen molar-refractivity contribution in [3.05, 3.63) is 84.4 Å². The Morgan fingerprint density at radius 3 is 2.48 bits per heavy atom. The van der Waals surface area contributed by atoms with E-state index < -0.39 is 0 Å². The van der Waals surface area contributed by atoms with E-state index in [1.54, 1.807) is 36.8 Å². The first-order chi connectivity index (χ1) is 15.2. The molecule has 0 saturated carbocycles. The molecule has 3 atom stereocenters. The Labute approximate surface area is 180 Å². The van der Waals surface area contributed by atoms with Gasteiger partial charge < -0.3 is 18.8 Å². The summed E-state index contributed by atoms with van der Waals surface area (Å²) in [5.74, 6) is 0.0406. The van der Waals surface area contributed by atoms with E-state index in [0.29, 0.717) is 18.8 Å². The van der Waals surface area contributed by atoms with Crippen LogP contribution in [-0.2, 0) is 16.0 Å². The van der Waals surface area contributed by atoms with Crippen LogP contribution in [0, 0.1) is 11.6 Å². The maximum absolute atomic E-state index is 13.4. The Balaban J connectivity index is 1.35. The fourth-order valence-electron chi connectivity index (χ4n) is 3.66. The summed E-state index contributed by atoms with van der Waals surface area (Å²) in [6.07, 6.45) is 8.03. The maximum atomic E-state index is 13.4. The third kappa shape index (κ3) is 6.35. The third-order valence-corrected chi connectivity index (χ3v) is 5.33. The molecule has 1 aromatic heterocycles. The van der Waals surface area contributed by atoms with Crippen LogP contribution in [0.2, 0.25) is 0 Å². The van der Waals surface area contributed by atoms with Crippen LogP contribution in [0.3, 0.4) is 0 Å². The average Bonchev–Trinajstić information content (AvgIpc) is 3.31. The lowest BCUT2D eigenvalue weighted by molar-refractivity contribution is -0.222. The second-order valence-corrected chi connectivity index (χ2v) is 7.65. The van der Waals surface area contributed by atoms with Gasteiger partial charge in [0.25, 0.3) is 0 Å². The van der Waals surface area contributed by atoms with E-state index in [9.17, 15) is 8.78 Å². The first-order valence-electron chi connectivity index (χ1n) is 10.6. The van der Waals surface area contributed by atoms with Gasteiger partial charge in [-0.15, -0.1) is 0 Å². The SMILES string of the molecule is Fc1ccc(OCC2CCCC(OC(CCn3ccnc3)c3ccc(F)cc3)O2)cc1. The molecule has 31 heavy (non-hydrogen) atoms. The van der Waals surface area contributed by atoms with Gasteiger partial charge >= 0.3 is 0 Å². The summed E-state index contributed by atoms with van der Waals surface area (Å²) < 4.78 is 46.6. The van der Waals surface area contributed by atoms with Crippen molar-refractivity contribution in [3.63, 3.8) is 0 Å². The Morgan fingerprint density at radius 1 is 1.03 bits per heavy atom. The number of ether oxygens (including phenoxy) is 3. The lowest BCUT2D eigenvalue weighted by Crippen LogP contribution is -2.34. The second kappa shape index (κ2) is 10.5. The average molecular weight is 428 g/mol. The minimum absolute atomic E-state index is 0.105. The molecule has 4 rings (SSSR count). The Hall–Kier alpha value is -2.77. The van der Waals surface area contributed by atoms with E-state index in [-0.39, 0.29) is 30.1 Å². The molecule has 1 saturated heterocycles. The number of benzene rings is 2. The number of halogens is 2. The van der Waals surface area contributed by atoms with Crippen LogP contribution in [0.25, 0.3) is 0 Å². The van der Waals surface area contributed by atoms with Crippen LogP contribution in [0.15, 0.2) is 67.3 Å². The number of hydrogen-bond donors (Lipinski definition) is 0. The predicted molar refractivity (Wildman–Crippen MR) is 111 cm³/mol. The van der Waals surface area contributed by atoms with Gasteiger partial charge in [-0.25, -0.2) is 13.8 Å². The van der Waals surface area contributed by atoms with Crippen LogP contribution in [0.4, 0.5) is 8.78 Å². The van der Waals surface area contributed by atoms with Crippen LogP contribution in [0.5, 0.6) is 5.75 Å². The quantitative estimate of drug-likeness (QED) is 0.465. The van der Waals surface area contributed by atoms with Gasteiger partial charge in [-0.1, -0.05) is 12.1 Å². The lowest BCUT2D eigenvalue weighted by Gasteiger charge is -2.32. The molecule has 7 heteroatoms. The topological polar surface area (TPSA) is 45.5 Å². The Morgan fingerprint density at radius 2 is 1.77 bits per heavy atom. The van der Waals surface area contributed by atoms with Crippen molar-refractivity contribution in [2.24, 2.45) is 0 Å². The van der Waals surface area contributed by atoms with Gasteiger partial charge in [0.15, 0.2) is 6.29 Å². The van der Waals surface area contributed by atoms with Crippen molar-refractivity contribution in [2.45, 2.75) is 50.7 Å². The first-order valence-corrected chi connectivity index (χ1v) is 10.6. The minimum Gasteiger partial charge on any atom is -0.491 e. The molecule has 0 radical (unpaired) electrons. The highest BCUT2D eigenvalue weighted by Crippen LogP contribution is 2.29. The molecule has 1 aliphatic rings. The molecule has 0 spiro atoms. The molecule has 164 valence electrons. The lowest BCUT2D eigenvalue weighted by atomic mass is 10.1. The molecule has 3 unspecified atom stereocenters. The van der Waals surface area contributed by atoms with Crippen LogP contribution >= 0.6 is 0 Å². The van der Waals surface area contributed by atoms with Crippen LogP contribution in [-0.4, -0.2) is 28.6 Å². The largest absolute Gasteiger partial charge is 0.491 e. The Bertz CT molecular complexity index is 917. The van der Waals surface area contributed by atoms with E-state index in [1.807, 2.05) is 10.8 Å². The van der Waals surface area contributed by atoms with Crippen molar-refractivity contribution in [2.75, 3.05) is 6.61 Å². The van der Waals surface area contributed by atoms with Gasteiger partial charge in [0, 0.05) is 18.9 Å². The third-order valence-electron chi connectivity index (χ3n) is 5.33. The van der Waals surface area contributed by atoms with Gasteiger partial charge in [0.1, 0.15) is 24.0 Å². The molecule has 0 amide bonds. The molecule has 2 aromatic carbocycles. The fourth-order valence-corrected chi connectivity index (χ4v) is 3.66. The van der Waals surface area contributed by atoms with E-state index in [2.05, 4.69) is 4.98 Å². The smallest absolute Gasteiger partial charge is 0.158 e. The van der Waals surface area contributed by atoms with Gasteiger partial charge in [-0.2, -0.15) is 0 Å². The van der Waals surface area contributed by atoms with Gasteiger partial charge in [0.2, 0.25) is 0 Å². The van der Waals surface area contributed by atoms with E-state index in [1.165, 1.54) is 24.3 Å². The molecule has 1 aliphatic heterocycles. The summed E-state index contributed by atoms with van der Waals surface area (Å²) in [6.45, 7) is 1.10. The summed E-state index contributed by atoms with van der Waals surface area (Å²) >= 11 is 0. The van der Waals surface area contributed by atoms with E-state index >= 15 is 0 Å². The van der Waals surface area contributed by atoms with Crippen molar-refractivity contribution >= 4 is 0 Å². The standard InChI is InChI=1S/C24H26F2N2O3/c25-19-6-4-18(5-7-19)23(12-14-28-15-13-27-17-28)31-24-3-1-2-22(30-24)16-29-21-10-8-20(26)9-11-21/h4-11,13,15,17,22-24H,1-3,12,14,16H2. The normalized spacial score (nSPS) is 19.8. The van der Waals surface area contributed by atoms with Crippen molar-refractivity contribution in [3.8, 4) is 5.75 Å². The number of aromatic nitrogens is 2. The van der Waals surface area contributed by atoms with Crippen LogP contribution < -0.4 is 4.74 Å². The fraction of sp³-hybridized carbons (Fsp3) is 0.375. The highest BCUT2D eigenvalue weighted by atomic mass is 19.1. The number of hydrogen-bond acceptors (Lipinski definition) is 4. The molecular weight excluding hydrogens is 402 g/mol. The zero-order valence-electron chi connectivity index (χ0n) is 17.2. The highest BCUT2D eigenvalue weighted by Gasteiger charge is 2.27. The molecule has 3 aromatic rings. The summed E-state index contributed by atoms with van der Waals surface area (Å²) in [5, 5.41) is 0. The van der Waals surface area contributed by atoms with Crippen molar-refractivity contribution < 1.29 is 23.0 Å². The second-order valence-electron chi connectivity index (χ2n) is 7.65. The van der Waals surface area contributed by atoms with Gasteiger partial charge in [-0.3, -0.25) is 0 Å². The maximum Gasteiger partial charge on any atom is 0.158 e. The molecule has 1 fully saturated rings. The highest BCUT2D eigenvalue weighted by molar-refractivity contribution is 5.22. The molecular formula is C24H26F2N2O3. The van der Waals surface area contributed by atoms with Crippen LogP contribution in [0.1, 0.15) is 37.4 Å². The van der Waals surface area contributed by atoms with Gasteiger partial charge in [-0.05, 0) is 67.6 Å². The number of rotatable bonds is 9.